The summed E-state index contributed by atoms with van der Waals surface area (Å²) >= 11 is 17.9. The van der Waals surface area contributed by atoms with E-state index in [0.717, 1.165) is 39.1 Å². The van der Waals surface area contributed by atoms with E-state index in [4.69, 9.17) is 39.5 Å². The van der Waals surface area contributed by atoms with Gasteiger partial charge < -0.3 is 15.0 Å². The molecule has 0 aliphatic carbocycles. The zero-order valence-electron chi connectivity index (χ0n) is 17.0. The van der Waals surface area contributed by atoms with E-state index in [2.05, 4.69) is 46.3 Å². The van der Waals surface area contributed by atoms with Gasteiger partial charge in [0, 0.05) is 44.5 Å². The summed E-state index contributed by atoms with van der Waals surface area (Å²) in [6, 6.07) is 11.5. The molecule has 1 amide bonds. The molecule has 3 rings (SSSR count). The maximum atomic E-state index is 12.0. The number of para-hydroxylation sites is 1. The molecular formula is C22H26Cl3N3O2. The van der Waals surface area contributed by atoms with Crippen molar-refractivity contribution in [3.63, 3.8) is 0 Å². The van der Waals surface area contributed by atoms with Gasteiger partial charge in [-0.2, -0.15) is 0 Å². The van der Waals surface area contributed by atoms with Gasteiger partial charge in [0.1, 0.15) is 5.75 Å². The minimum atomic E-state index is -0.193. The molecule has 0 radical (unpaired) electrons. The molecule has 2 aromatic rings. The van der Waals surface area contributed by atoms with Gasteiger partial charge in [0.2, 0.25) is 0 Å². The van der Waals surface area contributed by atoms with E-state index in [1.54, 1.807) is 0 Å². The van der Waals surface area contributed by atoms with Gasteiger partial charge in [-0.3, -0.25) is 9.69 Å². The minimum Gasteiger partial charge on any atom is -0.482 e. The van der Waals surface area contributed by atoms with Crippen LogP contribution in [-0.2, 0) is 4.79 Å². The van der Waals surface area contributed by atoms with Crippen LogP contribution in [-0.4, -0.2) is 56.7 Å². The van der Waals surface area contributed by atoms with E-state index >= 15 is 0 Å². The average molecular weight is 471 g/mol. The van der Waals surface area contributed by atoms with Gasteiger partial charge in [-0.25, -0.2) is 0 Å². The van der Waals surface area contributed by atoms with Crippen LogP contribution < -0.4 is 15.0 Å². The minimum absolute atomic E-state index is 0.118. The Hall–Kier alpha value is -1.66. The molecule has 0 aromatic heterocycles. The van der Waals surface area contributed by atoms with Crippen LogP contribution in [0.2, 0.25) is 15.1 Å². The Morgan fingerprint density at radius 3 is 2.47 bits per heavy atom. The first kappa shape index (κ1) is 23.0. The molecule has 1 N–H and O–H groups in total. The molecule has 1 aliphatic heterocycles. The number of aryl methyl sites for hydroxylation is 1. The monoisotopic (exact) mass is 469 g/mol. The van der Waals surface area contributed by atoms with E-state index in [0.29, 0.717) is 27.4 Å². The van der Waals surface area contributed by atoms with Crippen molar-refractivity contribution in [1.82, 2.24) is 10.2 Å². The molecule has 0 spiro atoms. The first-order chi connectivity index (χ1) is 14.4. The number of rotatable bonds is 8. The molecule has 1 heterocycles. The van der Waals surface area contributed by atoms with Crippen LogP contribution in [0.1, 0.15) is 12.0 Å². The van der Waals surface area contributed by atoms with E-state index in [1.165, 1.54) is 23.4 Å². The standard InChI is InChI=1S/C22H26Cl3N3O2/c1-16-5-2-3-6-20(16)28-11-9-27(10-12-28)8-4-7-26-22(29)15-30-21-14-18(24)17(23)13-19(21)25/h2-3,5-6,13-14H,4,7-12,15H2,1H3,(H,26,29). The number of anilines is 1. The molecule has 1 aliphatic rings. The Morgan fingerprint density at radius 1 is 1.03 bits per heavy atom. The number of nitrogens with zero attached hydrogens (tertiary/aromatic N) is 2. The molecule has 5 nitrogen and oxygen atoms in total. The van der Waals surface area contributed by atoms with Crippen molar-refractivity contribution < 1.29 is 9.53 Å². The summed E-state index contributed by atoms with van der Waals surface area (Å²) in [7, 11) is 0. The molecule has 162 valence electrons. The first-order valence-electron chi connectivity index (χ1n) is 10.0. The summed E-state index contributed by atoms with van der Waals surface area (Å²) in [5, 5.41) is 3.88. The predicted octanol–water partition coefficient (Wildman–Crippen LogP) is 4.66. The Kier molecular flexibility index (Phi) is 8.51. The summed E-state index contributed by atoms with van der Waals surface area (Å²) < 4.78 is 5.44. The maximum Gasteiger partial charge on any atom is 0.257 e. The van der Waals surface area contributed by atoms with Crippen LogP contribution >= 0.6 is 34.8 Å². The number of amides is 1. The van der Waals surface area contributed by atoms with Crippen molar-refractivity contribution in [3.05, 3.63) is 57.0 Å². The lowest BCUT2D eigenvalue weighted by Crippen LogP contribution is -2.47. The summed E-state index contributed by atoms with van der Waals surface area (Å²) in [5.74, 6) is 0.147. The van der Waals surface area contributed by atoms with Gasteiger partial charge in [0.05, 0.1) is 15.1 Å². The van der Waals surface area contributed by atoms with E-state index in [-0.39, 0.29) is 12.5 Å². The molecule has 0 bridgehead atoms. The number of piperazine rings is 1. The molecule has 2 aromatic carbocycles. The highest BCUT2D eigenvalue weighted by atomic mass is 35.5. The smallest absolute Gasteiger partial charge is 0.257 e. The topological polar surface area (TPSA) is 44.8 Å². The maximum absolute atomic E-state index is 12.0. The normalized spacial score (nSPS) is 14.6. The van der Waals surface area contributed by atoms with Gasteiger partial charge in [0.15, 0.2) is 6.61 Å². The number of carbonyl (C=O) groups is 1. The largest absolute Gasteiger partial charge is 0.482 e. The molecule has 8 heteroatoms. The number of hydrogen-bond acceptors (Lipinski definition) is 4. The fraction of sp³-hybridized carbons (Fsp3) is 0.409. The number of benzene rings is 2. The number of hydrogen-bond donors (Lipinski definition) is 1. The highest BCUT2D eigenvalue weighted by Gasteiger charge is 2.17. The van der Waals surface area contributed by atoms with Crippen molar-refractivity contribution in [2.45, 2.75) is 13.3 Å². The number of halogens is 3. The molecule has 0 saturated carbocycles. The fourth-order valence-electron chi connectivity index (χ4n) is 3.47. The third-order valence-electron chi connectivity index (χ3n) is 5.14. The van der Waals surface area contributed by atoms with Gasteiger partial charge in [-0.05, 0) is 37.6 Å². The quantitative estimate of drug-likeness (QED) is 0.450. The predicted molar refractivity (Wildman–Crippen MR) is 124 cm³/mol. The van der Waals surface area contributed by atoms with Crippen molar-refractivity contribution >= 4 is 46.4 Å². The Labute approximate surface area is 192 Å². The molecule has 0 unspecified atom stereocenters. The number of nitrogens with one attached hydrogen (secondary N) is 1. The number of carbonyl (C=O) groups excluding carboxylic acids is 1. The number of ether oxygens (including phenoxy) is 1. The van der Waals surface area contributed by atoms with Crippen LogP contribution in [0.5, 0.6) is 5.75 Å². The van der Waals surface area contributed by atoms with Crippen LogP contribution in [0.25, 0.3) is 0 Å². The summed E-state index contributed by atoms with van der Waals surface area (Å²) in [4.78, 5) is 16.9. The first-order valence-corrected chi connectivity index (χ1v) is 11.1. The average Bonchev–Trinajstić information content (AvgIpc) is 2.74. The fourth-order valence-corrected chi connectivity index (χ4v) is 4.06. The third kappa shape index (κ3) is 6.42. The van der Waals surface area contributed by atoms with Gasteiger partial charge >= 0.3 is 0 Å². The summed E-state index contributed by atoms with van der Waals surface area (Å²) in [6.45, 7) is 7.71. The molecule has 1 saturated heterocycles. The second kappa shape index (κ2) is 11.1. The Morgan fingerprint density at radius 2 is 1.73 bits per heavy atom. The van der Waals surface area contributed by atoms with Crippen LogP contribution in [0.3, 0.4) is 0 Å². The van der Waals surface area contributed by atoms with Crippen LogP contribution in [0.15, 0.2) is 36.4 Å². The SMILES string of the molecule is Cc1ccccc1N1CCN(CCCNC(=O)COc2cc(Cl)c(Cl)cc2Cl)CC1. The Bertz CT molecular complexity index is 871. The molecule has 1 fully saturated rings. The zero-order chi connectivity index (χ0) is 21.5. The third-order valence-corrected chi connectivity index (χ3v) is 6.15. The lowest BCUT2D eigenvalue weighted by atomic mass is 10.1. The van der Waals surface area contributed by atoms with Gasteiger partial charge in [-0.1, -0.05) is 53.0 Å². The second-order valence-electron chi connectivity index (χ2n) is 7.30. The summed E-state index contributed by atoms with van der Waals surface area (Å²) in [5.41, 5.74) is 2.64. The molecular weight excluding hydrogens is 445 g/mol. The van der Waals surface area contributed by atoms with Gasteiger partial charge in [-0.15, -0.1) is 0 Å². The van der Waals surface area contributed by atoms with E-state index in [9.17, 15) is 4.79 Å². The van der Waals surface area contributed by atoms with Crippen molar-refractivity contribution in [2.24, 2.45) is 0 Å². The second-order valence-corrected chi connectivity index (χ2v) is 8.53. The zero-order valence-corrected chi connectivity index (χ0v) is 19.2. The Balaban J connectivity index is 1.31. The summed E-state index contributed by atoms with van der Waals surface area (Å²) in [6.07, 6.45) is 0.892. The van der Waals surface area contributed by atoms with Crippen molar-refractivity contribution in [3.8, 4) is 5.75 Å². The van der Waals surface area contributed by atoms with Crippen LogP contribution in [0, 0.1) is 6.92 Å². The van der Waals surface area contributed by atoms with Crippen molar-refractivity contribution in [2.75, 3.05) is 50.8 Å². The van der Waals surface area contributed by atoms with E-state index in [1.807, 2.05) is 0 Å². The highest BCUT2D eigenvalue weighted by Crippen LogP contribution is 2.33. The molecule has 30 heavy (non-hydrogen) atoms. The lowest BCUT2D eigenvalue weighted by molar-refractivity contribution is -0.123. The lowest BCUT2D eigenvalue weighted by Gasteiger charge is -2.36. The van der Waals surface area contributed by atoms with Crippen molar-refractivity contribution in [1.29, 1.82) is 0 Å². The van der Waals surface area contributed by atoms with E-state index < -0.39 is 0 Å². The van der Waals surface area contributed by atoms with Gasteiger partial charge in [0.25, 0.3) is 5.91 Å². The molecule has 0 atom stereocenters. The van der Waals surface area contributed by atoms with Crippen LogP contribution in [0.4, 0.5) is 5.69 Å². The highest BCUT2D eigenvalue weighted by molar-refractivity contribution is 6.43.